The Morgan fingerprint density at radius 2 is 0.984 bits per heavy atom. The molecule has 0 atom stereocenters. The highest BCUT2D eigenvalue weighted by molar-refractivity contribution is 6.29. The molecule has 0 aliphatic rings. The fraction of sp³-hybridized carbons (Fsp3) is 0.0179. The van der Waals surface area contributed by atoms with Gasteiger partial charge >= 0.3 is 6.18 Å². The molecule has 0 saturated carbocycles. The van der Waals surface area contributed by atoms with E-state index >= 15 is 0 Å². The first kappa shape index (κ1) is 35.9. The first-order valence-corrected chi connectivity index (χ1v) is 20.5. The Labute approximate surface area is 353 Å². The standard InChI is InChI=1S/C56H33F3N2O/c57-56(58,59)40-22-18-34(19-23-40)38-21-25-53-49(28-38)50-32-47-44-16-8-7-15-43(44)45-24-20-39(42-17-9-14-37-26-27-62-55(37)42)29-46(45)48(47)33-54(50)61(53)41-30-51(35-10-3-1-4-11-35)60-52(31-41)36-12-5-2-6-13-36/h1-33H. The normalized spacial score (nSPS) is 12.1. The summed E-state index contributed by atoms with van der Waals surface area (Å²) in [7, 11) is 0. The van der Waals surface area contributed by atoms with Crippen molar-refractivity contribution in [1.29, 1.82) is 0 Å². The van der Waals surface area contributed by atoms with Crippen LogP contribution in [0.1, 0.15) is 5.56 Å². The summed E-state index contributed by atoms with van der Waals surface area (Å²) >= 11 is 0. The van der Waals surface area contributed by atoms with Gasteiger partial charge in [-0.15, -0.1) is 0 Å². The van der Waals surface area contributed by atoms with Crippen LogP contribution in [0.15, 0.2) is 205 Å². The van der Waals surface area contributed by atoms with Gasteiger partial charge in [-0.05, 0) is 110 Å². The number of para-hydroxylation sites is 1. The van der Waals surface area contributed by atoms with E-state index in [0.717, 1.165) is 122 Å². The minimum Gasteiger partial charge on any atom is -0.464 e. The van der Waals surface area contributed by atoms with E-state index in [2.05, 4.69) is 126 Å². The van der Waals surface area contributed by atoms with Gasteiger partial charge in [0.15, 0.2) is 0 Å². The fourth-order valence-corrected chi connectivity index (χ4v) is 9.32. The van der Waals surface area contributed by atoms with Crippen molar-refractivity contribution in [2.24, 2.45) is 0 Å². The molecular weight excluding hydrogens is 774 g/mol. The van der Waals surface area contributed by atoms with Crippen LogP contribution in [0.5, 0.6) is 0 Å². The van der Waals surface area contributed by atoms with Crippen LogP contribution in [0.2, 0.25) is 0 Å². The van der Waals surface area contributed by atoms with E-state index in [-0.39, 0.29) is 0 Å². The van der Waals surface area contributed by atoms with Crippen LogP contribution >= 0.6 is 0 Å². The summed E-state index contributed by atoms with van der Waals surface area (Å²) in [5.41, 5.74) is 10.4. The molecule has 0 amide bonds. The molecule has 0 fully saturated rings. The van der Waals surface area contributed by atoms with Crippen molar-refractivity contribution >= 4 is 65.1 Å². The fourth-order valence-electron chi connectivity index (χ4n) is 9.32. The lowest BCUT2D eigenvalue weighted by molar-refractivity contribution is -0.137. The second kappa shape index (κ2) is 13.8. The highest BCUT2D eigenvalue weighted by Crippen LogP contribution is 2.44. The summed E-state index contributed by atoms with van der Waals surface area (Å²) in [6.07, 6.45) is -2.68. The lowest BCUT2D eigenvalue weighted by Gasteiger charge is -2.15. The second-order valence-electron chi connectivity index (χ2n) is 15.8. The Morgan fingerprint density at radius 1 is 0.403 bits per heavy atom. The Kier molecular flexibility index (Phi) is 8.00. The Hall–Kier alpha value is -7.96. The van der Waals surface area contributed by atoms with E-state index in [1.54, 1.807) is 18.4 Å². The van der Waals surface area contributed by atoms with E-state index in [0.29, 0.717) is 5.56 Å². The van der Waals surface area contributed by atoms with Gasteiger partial charge in [0.05, 0.1) is 39.9 Å². The van der Waals surface area contributed by atoms with Crippen molar-refractivity contribution in [3.05, 3.63) is 206 Å². The molecule has 294 valence electrons. The van der Waals surface area contributed by atoms with E-state index in [1.807, 2.05) is 48.5 Å². The lowest BCUT2D eigenvalue weighted by Crippen LogP contribution is -2.03. The maximum Gasteiger partial charge on any atom is 0.416 e. The van der Waals surface area contributed by atoms with Crippen LogP contribution in [-0.4, -0.2) is 9.55 Å². The van der Waals surface area contributed by atoms with E-state index in [9.17, 15) is 13.2 Å². The zero-order chi connectivity index (χ0) is 41.5. The molecule has 62 heavy (non-hydrogen) atoms. The number of rotatable bonds is 5. The molecule has 0 aliphatic carbocycles. The van der Waals surface area contributed by atoms with Crippen LogP contribution in [0.4, 0.5) is 13.2 Å². The zero-order valence-electron chi connectivity index (χ0n) is 33.0. The number of hydrogen-bond acceptors (Lipinski definition) is 2. The molecule has 0 bridgehead atoms. The van der Waals surface area contributed by atoms with Crippen molar-refractivity contribution < 1.29 is 17.6 Å². The largest absolute Gasteiger partial charge is 0.464 e. The summed E-state index contributed by atoms with van der Waals surface area (Å²) in [5.74, 6) is 0. The monoisotopic (exact) mass is 806 g/mol. The molecule has 9 aromatic carbocycles. The number of halogens is 3. The van der Waals surface area contributed by atoms with E-state index in [4.69, 9.17) is 9.40 Å². The van der Waals surface area contributed by atoms with Crippen molar-refractivity contribution in [2.75, 3.05) is 0 Å². The van der Waals surface area contributed by atoms with Crippen LogP contribution < -0.4 is 0 Å². The van der Waals surface area contributed by atoms with Gasteiger partial charge in [-0.25, -0.2) is 4.98 Å². The minimum absolute atomic E-state index is 0.672. The van der Waals surface area contributed by atoms with Gasteiger partial charge in [0, 0.05) is 32.8 Å². The molecule has 0 aliphatic heterocycles. The summed E-state index contributed by atoms with van der Waals surface area (Å²) in [6.45, 7) is 0. The number of nitrogens with zero attached hydrogens (tertiary/aromatic N) is 2. The molecule has 3 nitrogen and oxygen atoms in total. The molecular formula is C56H33F3N2O. The van der Waals surface area contributed by atoms with Crippen molar-refractivity contribution in [3.8, 4) is 50.5 Å². The summed E-state index contributed by atoms with van der Waals surface area (Å²) in [4.78, 5) is 5.20. The van der Waals surface area contributed by atoms with Gasteiger partial charge in [0.25, 0.3) is 0 Å². The van der Waals surface area contributed by atoms with Crippen molar-refractivity contribution in [3.63, 3.8) is 0 Å². The van der Waals surface area contributed by atoms with Gasteiger partial charge in [0.1, 0.15) is 5.58 Å². The third-order valence-corrected chi connectivity index (χ3v) is 12.3. The number of hydrogen-bond donors (Lipinski definition) is 0. The molecule has 0 saturated heterocycles. The number of aromatic nitrogens is 2. The Bertz CT molecular complexity index is 3660. The Morgan fingerprint density at radius 3 is 1.69 bits per heavy atom. The van der Waals surface area contributed by atoms with Crippen LogP contribution in [0, 0.1) is 0 Å². The molecule has 0 spiro atoms. The quantitative estimate of drug-likeness (QED) is 0.162. The van der Waals surface area contributed by atoms with Gasteiger partial charge < -0.3 is 8.98 Å². The third-order valence-electron chi connectivity index (χ3n) is 12.3. The second-order valence-corrected chi connectivity index (χ2v) is 15.8. The van der Waals surface area contributed by atoms with Crippen molar-refractivity contribution in [1.82, 2.24) is 9.55 Å². The Balaban J connectivity index is 1.19. The topological polar surface area (TPSA) is 31.0 Å². The first-order chi connectivity index (χ1) is 30.4. The van der Waals surface area contributed by atoms with Gasteiger partial charge in [-0.1, -0.05) is 133 Å². The van der Waals surface area contributed by atoms with E-state index in [1.165, 1.54) is 0 Å². The van der Waals surface area contributed by atoms with Crippen LogP contribution in [0.25, 0.3) is 116 Å². The summed E-state index contributed by atoms with van der Waals surface area (Å²) in [5, 5.41) is 9.84. The van der Waals surface area contributed by atoms with Crippen LogP contribution in [-0.2, 0) is 6.18 Å². The van der Waals surface area contributed by atoms with Crippen LogP contribution in [0.3, 0.4) is 0 Å². The van der Waals surface area contributed by atoms with E-state index < -0.39 is 11.7 Å². The predicted octanol–water partition coefficient (Wildman–Crippen LogP) is 16.1. The average molecular weight is 807 g/mol. The van der Waals surface area contributed by atoms with Crippen molar-refractivity contribution in [2.45, 2.75) is 6.18 Å². The zero-order valence-corrected chi connectivity index (χ0v) is 33.0. The first-order valence-electron chi connectivity index (χ1n) is 20.5. The molecule has 6 heteroatoms. The molecule has 3 aromatic heterocycles. The maximum atomic E-state index is 13.6. The number of fused-ring (bicyclic) bond motifs is 10. The highest BCUT2D eigenvalue weighted by atomic mass is 19.4. The smallest absolute Gasteiger partial charge is 0.416 e. The highest BCUT2D eigenvalue weighted by Gasteiger charge is 2.30. The SMILES string of the molecule is FC(F)(F)c1ccc(-c2ccc3c(c2)c2cc4c5ccccc5c5ccc(-c6cccc7ccoc67)cc5c4cc2n3-c2cc(-c3ccccc3)nc(-c3ccccc3)c2)cc1. The average Bonchev–Trinajstić information content (AvgIpc) is 3.94. The third kappa shape index (κ3) is 5.79. The number of furan rings is 1. The number of benzene rings is 9. The molecule has 12 aromatic rings. The molecule has 0 N–H and O–H groups in total. The molecule has 0 unspecified atom stereocenters. The summed E-state index contributed by atoms with van der Waals surface area (Å²) < 4.78 is 49.2. The lowest BCUT2D eigenvalue weighted by atomic mass is 9.91. The summed E-state index contributed by atoms with van der Waals surface area (Å²) in [6, 6.07) is 64.5. The molecule has 3 heterocycles. The predicted molar refractivity (Wildman–Crippen MR) is 248 cm³/mol. The van der Waals surface area contributed by atoms with Gasteiger partial charge in [-0.2, -0.15) is 13.2 Å². The maximum absolute atomic E-state index is 13.6. The molecule has 0 radical (unpaired) electrons. The number of alkyl halides is 3. The molecule has 12 rings (SSSR count). The van der Waals surface area contributed by atoms with Gasteiger partial charge in [-0.3, -0.25) is 0 Å². The number of pyridine rings is 1. The minimum atomic E-state index is -4.42. The van der Waals surface area contributed by atoms with Gasteiger partial charge in [0.2, 0.25) is 0 Å².